The molecular formula is C16H16N2OS. The first-order valence-electron chi connectivity index (χ1n) is 6.76. The molecule has 0 spiro atoms. The van der Waals surface area contributed by atoms with Gasteiger partial charge in [-0.1, -0.05) is 42.5 Å². The fraction of sp³-hybridized carbons (Fsp3) is 0.250. The second kappa shape index (κ2) is 5.21. The van der Waals surface area contributed by atoms with Gasteiger partial charge < -0.3 is 10.6 Å². The first kappa shape index (κ1) is 13.1. The molecule has 0 saturated carbocycles. The molecule has 102 valence electrons. The molecule has 1 unspecified atom stereocenters. The normalized spacial score (nSPS) is 18.4. The molecule has 0 bridgehead atoms. The summed E-state index contributed by atoms with van der Waals surface area (Å²) in [7, 11) is 0. The first-order chi connectivity index (χ1) is 9.66. The molecule has 2 aromatic carbocycles. The molecule has 0 radical (unpaired) electrons. The van der Waals surface area contributed by atoms with Crippen LogP contribution in [0.4, 0.5) is 0 Å². The predicted molar refractivity (Wildman–Crippen MR) is 84.8 cm³/mol. The van der Waals surface area contributed by atoms with Crippen LogP contribution < -0.4 is 5.73 Å². The summed E-state index contributed by atoms with van der Waals surface area (Å²) in [5, 5.41) is 2.21. The Hall–Kier alpha value is -1.94. The molecule has 1 saturated heterocycles. The number of carbonyl (C=O) groups excluding carboxylic acids is 1. The summed E-state index contributed by atoms with van der Waals surface area (Å²) >= 11 is 5.06. The van der Waals surface area contributed by atoms with E-state index in [2.05, 4.69) is 0 Å². The van der Waals surface area contributed by atoms with Crippen LogP contribution in [0.5, 0.6) is 0 Å². The number of nitrogens with two attached hydrogens (primary N) is 1. The molecule has 3 rings (SSSR count). The van der Waals surface area contributed by atoms with Crippen molar-refractivity contribution in [2.45, 2.75) is 18.9 Å². The second-order valence-corrected chi connectivity index (χ2v) is 5.59. The van der Waals surface area contributed by atoms with Gasteiger partial charge in [0.05, 0.1) is 11.0 Å². The number of nitrogens with zero attached hydrogens (tertiary/aromatic N) is 1. The predicted octanol–water partition coefficient (Wildman–Crippen LogP) is 2.73. The van der Waals surface area contributed by atoms with Crippen molar-refractivity contribution in [3.8, 4) is 0 Å². The van der Waals surface area contributed by atoms with Crippen molar-refractivity contribution in [1.29, 1.82) is 0 Å². The molecule has 1 aliphatic rings. The van der Waals surface area contributed by atoms with E-state index in [-0.39, 0.29) is 11.9 Å². The van der Waals surface area contributed by atoms with Gasteiger partial charge in [-0.25, -0.2) is 0 Å². The molecule has 20 heavy (non-hydrogen) atoms. The molecule has 1 aliphatic heterocycles. The van der Waals surface area contributed by atoms with Gasteiger partial charge in [0.2, 0.25) is 0 Å². The Morgan fingerprint density at radius 2 is 1.95 bits per heavy atom. The third kappa shape index (κ3) is 2.27. The number of carbonyl (C=O) groups is 1. The van der Waals surface area contributed by atoms with E-state index in [9.17, 15) is 4.79 Å². The Bertz CT molecular complexity index is 683. The molecule has 2 aromatic rings. The lowest BCUT2D eigenvalue weighted by atomic mass is 10.1. The lowest BCUT2D eigenvalue weighted by Crippen LogP contribution is -2.42. The fourth-order valence-corrected chi connectivity index (χ4v) is 3.04. The van der Waals surface area contributed by atoms with Crippen molar-refractivity contribution >= 4 is 33.9 Å². The number of benzene rings is 2. The Morgan fingerprint density at radius 1 is 1.20 bits per heavy atom. The Kier molecular flexibility index (Phi) is 3.40. The third-order valence-electron chi connectivity index (χ3n) is 3.84. The molecule has 0 aliphatic carbocycles. The zero-order chi connectivity index (χ0) is 14.1. The van der Waals surface area contributed by atoms with Gasteiger partial charge in [0.15, 0.2) is 0 Å². The minimum atomic E-state index is -0.0935. The first-order valence-corrected chi connectivity index (χ1v) is 7.17. The van der Waals surface area contributed by atoms with Crippen LogP contribution in [0.1, 0.15) is 23.2 Å². The lowest BCUT2D eigenvalue weighted by molar-refractivity contribution is 0.0770. The van der Waals surface area contributed by atoms with Crippen molar-refractivity contribution in [2.75, 3.05) is 6.54 Å². The number of hydrogen-bond donors (Lipinski definition) is 1. The molecule has 1 amide bonds. The van der Waals surface area contributed by atoms with Gasteiger partial charge in [-0.05, 0) is 35.7 Å². The van der Waals surface area contributed by atoms with E-state index in [0.29, 0.717) is 10.6 Å². The van der Waals surface area contributed by atoms with Crippen LogP contribution in [0.15, 0.2) is 42.5 Å². The van der Waals surface area contributed by atoms with Crippen LogP contribution in [0, 0.1) is 0 Å². The maximum atomic E-state index is 12.6. The number of rotatable bonds is 2. The summed E-state index contributed by atoms with van der Waals surface area (Å²) < 4.78 is 0. The van der Waals surface area contributed by atoms with Crippen LogP contribution in [-0.4, -0.2) is 28.4 Å². The monoisotopic (exact) mass is 284 g/mol. The highest BCUT2D eigenvalue weighted by molar-refractivity contribution is 7.80. The smallest absolute Gasteiger partial charge is 0.254 e. The standard InChI is InChI=1S/C16H16N2OS/c17-15(20)14-6-3-9-18(14)16(19)13-8-7-11-4-1-2-5-12(11)10-13/h1-2,4-5,7-8,10,14H,3,6,9H2,(H2,17,20). The number of hydrogen-bond acceptors (Lipinski definition) is 2. The largest absolute Gasteiger partial charge is 0.392 e. The Balaban J connectivity index is 1.94. The summed E-state index contributed by atoms with van der Waals surface area (Å²) in [4.78, 5) is 14.8. The minimum Gasteiger partial charge on any atom is -0.392 e. The molecule has 3 nitrogen and oxygen atoms in total. The average Bonchev–Trinajstić information content (AvgIpc) is 2.95. The molecule has 2 N–H and O–H groups in total. The molecule has 1 heterocycles. The molecule has 0 aromatic heterocycles. The van der Waals surface area contributed by atoms with E-state index in [0.717, 1.165) is 30.2 Å². The van der Waals surface area contributed by atoms with E-state index in [1.807, 2.05) is 42.5 Å². The molecule has 1 fully saturated rings. The number of thiocarbonyl (C=S) groups is 1. The highest BCUT2D eigenvalue weighted by Gasteiger charge is 2.31. The van der Waals surface area contributed by atoms with Gasteiger partial charge in [0.25, 0.3) is 5.91 Å². The highest BCUT2D eigenvalue weighted by atomic mass is 32.1. The highest BCUT2D eigenvalue weighted by Crippen LogP contribution is 2.22. The van der Waals surface area contributed by atoms with E-state index in [1.165, 1.54) is 0 Å². The third-order valence-corrected chi connectivity index (χ3v) is 4.11. The van der Waals surface area contributed by atoms with Crippen LogP contribution in [0.25, 0.3) is 10.8 Å². The van der Waals surface area contributed by atoms with Crippen LogP contribution >= 0.6 is 12.2 Å². The molecule has 1 atom stereocenters. The van der Waals surface area contributed by atoms with Crippen molar-refractivity contribution in [1.82, 2.24) is 4.90 Å². The maximum absolute atomic E-state index is 12.6. The van der Waals surface area contributed by atoms with Gasteiger partial charge in [0, 0.05) is 12.1 Å². The average molecular weight is 284 g/mol. The van der Waals surface area contributed by atoms with Crippen molar-refractivity contribution in [3.63, 3.8) is 0 Å². The van der Waals surface area contributed by atoms with Crippen molar-refractivity contribution in [2.24, 2.45) is 5.73 Å². The van der Waals surface area contributed by atoms with Crippen LogP contribution in [0.2, 0.25) is 0 Å². The van der Waals surface area contributed by atoms with Crippen LogP contribution in [0.3, 0.4) is 0 Å². The quantitative estimate of drug-likeness (QED) is 0.863. The summed E-state index contributed by atoms with van der Waals surface area (Å²) in [6.07, 6.45) is 1.83. The van der Waals surface area contributed by atoms with Crippen molar-refractivity contribution in [3.05, 3.63) is 48.0 Å². The molecular weight excluding hydrogens is 268 g/mol. The zero-order valence-electron chi connectivity index (χ0n) is 11.1. The Morgan fingerprint density at radius 3 is 2.70 bits per heavy atom. The topological polar surface area (TPSA) is 46.3 Å². The minimum absolute atomic E-state index is 0.0195. The van der Waals surface area contributed by atoms with Gasteiger partial charge in [-0.2, -0.15) is 0 Å². The summed E-state index contributed by atoms with van der Waals surface area (Å²) in [6, 6.07) is 13.7. The molecule has 4 heteroatoms. The number of fused-ring (bicyclic) bond motifs is 1. The van der Waals surface area contributed by atoms with Crippen molar-refractivity contribution < 1.29 is 4.79 Å². The number of likely N-dealkylation sites (tertiary alicyclic amines) is 1. The van der Waals surface area contributed by atoms with E-state index < -0.39 is 0 Å². The van der Waals surface area contributed by atoms with E-state index in [1.54, 1.807) is 4.90 Å². The van der Waals surface area contributed by atoms with Gasteiger partial charge in [-0.3, -0.25) is 4.79 Å². The second-order valence-electron chi connectivity index (χ2n) is 5.12. The van der Waals surface area contributed by atoms with E-state index >= 15 is 0 Å². The maximum Gasteiger partial charge on any atom is 0.254 e. The summed E-state index contributed by atoms with van der Waals surface area (Å²) in [6.45, 7) is 0.730. The van der Waals surface area contributed by atoms with Gasteiger partial charge in [0.1, 0.15) is 0 Å². The summed E-state index contributed by atoms with van der Waals surface area (Å²) in [5.74, 6) is 0.0195. The SMILES string of the molecule is NC(=S)C1CCCN1C(=O)c1ccc2ccccc2c1. The summed E-state index contributed by atoms with van der Waals surface area (Å²) in [5.41, 5.74) is 6.43. The Labute approximate surface area is 123 Å². The van der Waals surface area contributed by atoms with Gasteiger partial charge in [-0.15, -0.1) is 0 Å². The van der Waals surface area contributed by atoms with Gasteiger partial charge >= 0.3 is 0 Å². The fourth-order valence-electron chi connectivity index (χ4n) is 2.79. The number of amides is 1. The van der Waals surface area contributed by atoms with E-state index in [4.69, 9.17) is 18.0 Å². The van der Waals surface area contributed by atoms with Crippen LogP contribution in [-0.2, 0) is 0 Å². The lowest BCUT2D eigenvalue weighted by Gasteiger charge is -2.23. The zero-order valence-corrected chi connectivity index (χ0v) is 11.9.